The smallest absolute Gasteiger partial charge is 0.331 e. The number of aliphatic carboxylic acids is 1. The van der Waals surface area contributed by atoms with Crippen molar-refractivity contribution in [1.82, 2.24) is 5.32 Å². The second-order valence-corrected chi connectivity index (χ2v) is 7.38. The van der Waals surface area contributed by atoms with E-state index < -0.39 is 5.97 Å². The van der Waals surface area contributed by atoms with Gasteiger partial charge in [0.2, 0.25) is 5.91 Å². The Kier molecular flexibility index (Phi) is 3.47. The average molecular weight is 279 g/mol. The summed E-state index contributed by atoms with van der Waals surface area (Å²) in [5, 5.41) is 12.1. The number of amides is 1. The Morgan fingerprint density at radius 2 is 1.75 bits per heavy atom. The van der Waals surface area contributed by atoms with Crippen molar-refractivity contribution in [2.24, 2.45) is 16.7 Å². The minimum absolute atomic E-state index is 0.0834. The number of carbonyl (C=O) groups excluding carboxylic acids is 1. The van der Waals surface area contributed by atoms with Crippen molar-refractivity contribution in [1.29, 1.82) is 0 Å². The molecule has 0 saturated heterocycles. The summed E-state index contributed by atoms with van der Waals surface area (Å²) in [6.07, 6.45) is 3.54. The standard InChI is InChI=1S/C16H25NO3/c1-9(10(2)13(19)20)12(18)17-14-15(3,4)11-6-7-16(14,5)8-11/h11,14H,6-8H2,1-5H3,(H,17,18)(H,19,20). The SMILES string of the molecule is CC(C(=O)O)=C(C)C(=O)NC1C2(C)CCC(C2)C1(C)C. The highest BCUT2D eigenvalue weighted by Crippen LogP contribution is 2.62. The van der Waals surface area contributed by atoms with Gasteiger partial charge in [0.05, 0.1) is 0 Å². The molecule has 2 N–H and O–H groups in total. The maximum absolute atomic E-state index is 12.3. The van der Waals surface area contributed by atoms with Gasteiger partial charge in [-0.05, 0) is 49.9 Å². The van der Waals surface area contributed by atoms with E-state index in [1.807, 2.05) is 0 Å². The molecule has 0 radical (unpaired) electrons. The summed E-state index contributed by atoms with van der Waals surface area (Å²) >= 11 is 0. The summed E-state index contributed by atoms with van der Waals surface area (Å²) in [5.74, 6) is -0.615. The molecule has 2 fully saturated rings. The molecule has 3 unspecified atom stereocenters. The first-order valence-electron chi connectivity index (χ1n) is 7.31. The molecule has 0 aliphatic heterocycles. The van der Waals surface area contributed by atoms with Crippen LogP contribution in [-0.4, -0.2) is 23.0 Å². The van der Waals surface area contributed by atoms with E-state index in [0.29, 0.717) is 11.5 Å². The van der Waals surface area contributed by atoms with Crippen molar-refractivity contribution in [3.8, 4) is 0 Å². The number of fused-ring (bicyclic) bond motifs is 2. The number of carbonyl (C=O) groups is 2. The first-order valence-corrected chi connectivity index (χ1v) is 7.31. The quantitative estimate of drug-likeness (QED) is 0.781. The van der Waals surface area contributed by atoms with Gasteiger partial charge in [0.25, 0.3) is 0 Å². The Balaban J connectivity index is 2.20. The summed E-state index contributed by atoms with van der Waals surface area (Å²) in [6, 6.07) is 0.123. The summed E-state index contributed by atoms with van der Waals surface area (Å²) < 4.78 is 0. The zero-order chi connectivity index (χ0) is 15.3. The minimum atomic E-state index is -1.03. The fourth-order valence-electron chi connectivity index (χ4n) is 4.23. The number of carboxylic acid groups (broad SMARTS) is 1. The van der Waals surface area contributed by atoms with Crippen molar-refractivity contribution in [2.45, 2.75) is 59.9 Å². The fraction of sp³-hybridized carbons (Fsp3) is 0.750. The third kappa shape index (κ3) is 2.15. The number of hydrogen-bond donors (Lipinski definition) is 2. The molecule has 112 valence electrons. The summed E-state index contributed by atoms with van der Waals surface area (Å²) in [4.78, 5) is 23.3. The van der Waals surface area contributed by atoms with E-state index in [4.69, 9.17) is 5.11 Å². The van der Waals surface area contributed by atoms with E-state index in [-0.39, 0.29) is 28.4 Å². The van der Waals surface area contributed by atoms with Crippen LogP contribution in [0.25, 0.3) is 0 Å². The van der Waals surface area contributed by atoms with Crippen molar-refractivity contribution >= 4 is 11.9 Å². The van der Waals surface area contributed by atoms with Crippen LogP contribution in [0.15, 0.2) is 11.1 Å². The van der Waals surface area contributed by atoms with Crippen LogP contribution < -0.4 is 5.32 Å². The van der Waals surface area contributed by atoms with Gasteiger partial charge in [-0.2, -0.15) is 0 Å². The lowest BCUT2D eigenvalue weighted by Gasteiger charge is -2.43. The van der Waals surface area contributed by atoms with Gasteiger partial charge in [-0.3, -0.25) is 4.79 Å². The molecular formula is C16H25NO3. The van der Waals surface area contributed by atoms with Crippen LogP contribution in [0.3, 0.4) is 0 Å². The fourth-order valence-corrected chi connectivity index (χ4v) is 4.23. The molecule has 3 atom stereocenters. The van der Waals surface area contributed by atoms with Crippen molar-refractivity contribution < 1.29 is 14.7 Å². The highest BCUT2D eigenvalue weighted by Gasteiger charge is 2.59. The van der Waals surface area contributed by atoms with E-state index in [1.165, 1.54) is 13.3 Å². The van der Waals surface area contributed by atoms with E-state index >= 15 is 0 Å². The van der Waals surface area contributed by atoms with E-state index in [9.17, 15) is 9.59 Å². The molecule has 0 aromatic carbocycles. The topological polar surface area (TPSA) is 66.4 Å². The predicted octanol–water partition coefficient (Wildman–Crippen LogP) is 2.74. The largest absolute Gasteiger partial charge is 0.478 e. The molecule has 0 aromatic heterocycles. The zero-order valence-electron chi connectivity index (χ0n) is 13.0. The van der Waals surface area contributed by atoms with E-state index in [0.717, 1.165) is 12.8 Å². The molecule has 1 amide bonds. The maximum Gasteiger partial charge on any atom is 0.331 e. The molecule has 20 heavy (non-hydrogen) atoms. The van der Waals surface area contributed by atoms with E-state index in [2.05, 4.69) is 26.1 Å². The Hall–Kier alpha value is -1.32. The van der Waals surface area contributed by atoms with Crippen LogP contribution >= 0.6 is 0 Å². The van der Waals surface area contributed by atoms with Gasteiger partial charge in [0.15, 0.2) is 0 Å². The van der Waals surface area contributed by atoms with Crippen LogP contribution in [0.2, 0.25) is 0 Å². The average Bonchev–Trinajstić information content (AvgIpc) is 2.83. The predicted molar refractivity (Wildman–Crippen MR) is 77.2 cm³/mol. The molecule has 2 aliphatic rings. The Morgan fingerprint density at radius 3 is 2.20 bits per heavy atom. The second kappa shape index (κ2) is 4.61. The molecule has 4 heteroatoms. The van der Waals surface area contributed by atoms with Crippen molar-refractivity contribution in [3.05, 3.63) is 11.1 Å². The van der Waals surface area contributed by atoms with Crippen molar-refractivity contribution in [2.75, 3.05) is 0 Å². The van der Waals surface area contributed by atoms with Gasteiger partial charge in [-0.1, -0.05) is 20.8 Å². The van der Waals surface area contributed by atoms with Gasteiger partial charge in [0.1, 0.15) is 0 Å². The van der Waals surface area contributed by atoms with Crippen LogP contribution in [-0.2, 0) is 9.59 Å². The molecule has 0 spiro atoms. The lowest BCUT2D eigenvalue weighted by Crippen LogP contribution is -2.52. The molecule has 4 nitrogen and oxygen atoms in total. The van der Waals surface area contributed by atoms with Crippen LogP contribution in [0.1, 0.15) is 53.9 Å². The first kappa shape index (κ1) is 15.1. The van der Waals surface area contributed by atoms with Crippen molar-refractivity contribution in [3.63, 3.8) is 0 Å². The van der Waals surface area contributed by atoms with Gasteiger partial charge in [0, 0.05) is 17.2 Å². The number of carboxylic acids is 1. The first-order chi connectivity index (χ1) is 9.09. The minimum Gasteiger partial charge on any atom is -0.478 e. The lowest BCUT2D eigenvalue weighted by molar-refractivity contribution is -0.133. The summed E-state index contributed by atoms with van der Waals surface area (Å²) in [5.41, 5.74) is 0.662. The third-order valence-electron chi connectivity index (χ3n) is 5.77. The molecular weight excluding hydrogens is 254 g/mol. The third-order valence-corrected chi connectivity index (χ3v) is 5.77. The normalized spacial score (nSPS) is 35.6. The Morgan fingerprint density at radius 1 is 1.15 bits per heavy atom. The number of nitrogens with one attached hydrogen (secondary N) is 1. The maximum atomic E-state index is 12.3. The molecule has 0 heterocycles. The van der Waals surface area contributed by atoms with Crippen LogP contribution in [0.4, 0.5) is 0 Å². The molecule has 0 aromatic rings. The summed E-state index contributed by atoms with van der Waals surface area (Å²) in [7, 11) is 0. The van der Waals surface area contributed by atoms with Crippen LogP contribution in [0.5, 0.6) is 0 Å². The molecule has 2 bridgehead atoms. The van der Waals surface area contributed by atoms with Gasteiger partial charge < -0.3 is 10.4 Å². The van der Waals surface area contributed by atoms with Crippen LogP contribution in [0, 0.1) is 16.7 Å². The Labute approximate surface area is 120 Å². The molecule has 2 saturated carbocycles. The van der Waals surface area contributed by atoms with Gasteiger partial charge in [-0.25, -0.2) is 4.79 Å². The molecule has 2 aliphatic carbocycles. The second-order valence-electron chi connectivity index (χ2n) is 7.38. The highest BCUT2D eigenvalue weighted by molar-refractivity contribution is 6.01. The number of rotatable bonds is 3. The molecule has 2 rings (SSSR count). The number of hydrogen-bond acceptors (Lipinski definition) is 2. The highest BCUT2D eigenvalue weighted by atomic mass is 16.4. The van der Waals surface area contributed by atoms with Gasteiger partial charge in [-0.15, -0.1) is 0 Å². The van der Waals surface area contributed by atoms with Gasteiger partial charge >= 0.3 is 5.97 Å². The van der Waals surface area contributed by atoms with E-state index in [1.54, 1.807) is 6.92 Å². The zero-order valence-corrected chi connectivity index (χ0v) is 13.0. The summed E-state index contributed by atoms with van der Waals surface area (Å²) in [6.45, 7) is 9.74. The lowest BCUT2D eigenvalue weighted by atomic mass is 9.68. The monoisotopic (exact) mass is 279 g/mol. The Bertz CT molecular complexity index is 487.